The minimum absolute atomic E-state index is 0.231. The molecule has 1 aromatic carbocycles. The van der Waals surface area contributed by atoms with Crippen LogP contribution in [0.2, 0.25) is 0 Å². The van der Waals surface area contributed by atoms with Crippen molar-refractivity contribution >= 4 is 64.6 Å². The van der Waals surface area contributed by atoms with Crippen LogP contribution in [-0.2, 0) is 19.1 Å². The molecule has 1 aromatic rings. The molecule has 0 aliphatic carbocycles. The number of carbonyl (C=O) groups is 3. The molecule has 31 heavy (non-hydrogen) atoms. The quantitative estimate of drug-likeness (QED) is 0.230. The molecule has 2 amide bonds. The number of hydrogen-bond donors (Lipinski definition) is 1. The van der Waals surface area contributed by atoms with Crippen LogP contribution in [0, 0.1) is 0 Å². The lowest BCUT2D eigenvalue weighted by Gasteiger charge is -2.28. The van der Waals surface area contributed by atoms with E-state index in [1.165, 1.54) is 4.90 Å². The zero-order valence-electron chi connectivity index (χ0n) is 18.2. The Balaban J connectivity index is 3.02. The van der Waals surface area contributed by atoms with Gasteiger partial charge in [-0.1, -0.05) is 6.07 Å². The van der Waals surface area contributed by atoms with E-state index >= 15 is 0 Å². The average molecular weight is 492 g/mol. The number of rotatable bonds is 15. The maximum Gasteiger partial charge on any atom is 0.328 e. The largest absolute Gasteiger partial charge is 0.464 e. The van der Waals surface area contributed by atoms with Gasteiger partial charge in [0.15, 0.2) is 0 Å². The summed E-state index contributed by atoms with van der Waals surface area (Å²) in [4.78, 5) is 40.3. The number of nitrogens with zero attached hydrogens (tertiary/aromatic N) is 2. The summed E-state index contributed by atoms with van der Waals surface area (Å²) in [5.74, 6) is 0.643. The van der Waals surface area contributed by atoms with Crippen LogP contribution in [0.25, 0.3) is 0 Å². The standard InChI is InChI=1S/C21H31Cl2N3O4S/c1-4-30-21(29)19(8-13-31-3)24-20(28)16(2)26(15-27)18-7-5-6-17(14-18)25(11-9-22)12-10-23/h5-7,14-16,19H,4,8-13H2,1-3H3,(H,24,28)/t16-,19-/m0/s1. The molecule has 0 saturated carbocycles. The van der Waals surface area contributed by atoms with Gasteiger partial charge in [0.25, 0.3) is 0 Å². The lowest BCUT2D eigenvalue weighted by molar-refractivity contribution is -0.147. The third-order valence-electron chi connectivity index (χ3n) is 4.61. The second-order valence-electron chi connectivity index (χ2n) is 6.67. The van der Waals surface area contributed by atoms with Crippen molar-refractivity contribution in [1.82, 2.24) is 5.32 Å². The molecule has 10 heteroatoms. The first kappa shape index (κ1) is 27.4. The molecule has 0 unspecified atom stereocenters. The monoisotopic (exact) mass is 491 g/mol. The predicted octanol–water partition coefficient (Wildman–Crippen LogP) is 3.12. The molecular weight excluding hydrogens is 461 g/mol. The number of halogens is 2. The van der Waals surface area contributed by atoms with Gasteiger partial charge in [-0.05, 0) is 50.5 Å². The Morgan fingerprint density at radius 3 is 2.42 bits per heavy atom. The Morgan fingerprint density at radius 2 is 1.87 bits per heavy atom. The van der Waals surface area contributed by atoms with Crippen LogP contribution in [0.3, 0.4) is 0 Å². The number of benzene rings is 1. The highest BCUT2D eigenvalue weighted by Gasteiger charge is 2.27. The Morgan fingerprint density at radius 1 is 1.23 bits per heavy atom. The second kappa shape index (κ2) is 15.2. The van der Waals surface area contributed by atoms with Gasteiger partial charge in [-0.2, -0.15) is 11.8 Å². The second-order valence-corrected chi connectivity index (χ2v) is 8.41. The molecular formula is C21H31Cl2N3O4S. The molecule has 1 N–H and O–H groups in total. The van der Waals surface area contributed by atoms with E-state index in [-0.39, 0.29) is 6.61 Å². The summed E-state index contributed by atoms with van der Waals surface area (Å²) < 4.78 is 5.07. The predicted molar refractivity (Wildman–Crippen MR) is 130 cm³/mol. The third kappa shape index (κ3) is 8.79. The molecule has 1 rings (SSSR count). The molecule has 7 nitrogen and oxygen atoms in total. The number of nitrogens with one attached hydrogen (secondary N) is 1. The summed E-state index contributed by atoms with van der Waals surface area (Å²) in [6.45, 7) is 4.76. The molecule has 174 valence electrons. The highest BCUT2D eigenvalue weighted by Crippen LogP contribution is 2.24. The minimum atomic E-state index is -0.825. The molecule has 0 heterocycles. The van der Waals surface area contributed by atoms with Gasteiger partial charge in [-0.3, -0.25) is 9.59 Å². The fourth-order valence-electron chi connectivity index (χ4n) is 2.95. The van der Waals surface area contributed by atoms with Crippen LogP contribution < -0.4 is 15.1 Å². The van der Waals surface area contributed by atoms with Gasteiger partial charge in [-0.15, -0.1) is 23.2 Å². The van der Waals surface area contributed by atoms with Gasteiger partial charge in [0, 0.05) is 36.2 Å². The number of ether oxygens (including phenoxy) is 1. The number of anilines is 2. The van der Waals surface area contributed by atoms with Gasteiger partial charge in [-0.25, -0.2) is 4.79 Å². The van der Waals surface area contributed by atoms with Crippen molar-refractivity contribution in [3.8, 4) is 0 Å². The highest BCUT2D eigenvalue weighted by molar-refractivity contribution is 7.98. The SMILES string of the molecule is CCOC(=O)[C@H](CCSC)NC(=O)[C@H](C)N(C=O)c1cccc(N(CCCl)CCCl)c1. The van der Waals surface area contributed by atoms with E-state index in [1.807, 2.05) is 23.3 Å². The van der Waals surface area contributed by atoms with Crippen molar-refractivity contribution in [2.45, 2.75) is 32.4 Å². The van der Waals surface area contributed by atoms with Crippen LogP contribution >= 0.6 is 35.0 Å². The smallest absolute Gasteiger partial charge is 0.328 e. The fourth-order valence-corrected chi connectivity index (χ4v) is 3.83. The van der Waals surface area contributed by atoms with Gasteiger partial charge < -0.3 is 19.9 Å². The molecule has 2 atom stereocenters. The summed E-state index contributed by atoms with van der Waals surface area (Å²) in [5.41, 5.74) is 1.41. The first-order valence-electron chi connectivity index (χ1n) is 10.1. The normalized spacial score (nSPS) is 12.5. The first-order valence-corrected chi connectivity index (χ1v) is 12.6. The lowest BCUT2D eigenvalue weighted by Crippen LogP contribution is -2.51. The molecule has 0 aliphatic rings. The lowest BCUT2D eigenvalue weighted by atomic mass is 10.1. The zero-order chi connectivity index (χ0) is 23.2. The maximum absolute atomic E-state index is 12.9. The van der Waals surface area contributed by atoms with Crippen LogP contribution in [0.1, 0.15) is 20.3 Å². The molecule has 0 spiro atoms. The van der Waals surface area contributed by atoms with Crippen LogP contribution in [0.5, 0.6) is 0 Å². The number of thioether (sulfide) groups is 1. The topological polar surface area (TPSA) is 79.0 Å². The maximum atomic E-state index is 12.9. The number of esters is 1. The van der Waals surface area contributed by atoms with E-state index in [9.17, 15) is 14.4 Å². The van der Waals surface area contributed by atoms with Gasteiger partial charge in [0.05, 0.1) is 6.61 Å². The zero-order valence-corrected chi connectivity index (χ0v) is 20.5. The van der Waals surface area contributed by atoms with Crippen LogP contribution in [-0.4, -0.2) is 73.8 Å². The molecule has 0 saturated heterocycles. The number of carbonyl (C=O) groups excluding carboxylic acids is 3. The van der Waals surface area contributed by atoms with Gasteiger partial charge >= 0.3 is 5.97 Å². The molecule has 0 aliphatic heterocycles. The van der Waals surface area contributed by atoms with Crippen molar-refractivity contribution in [1.29, 1.82) is 0 Å². The third-order valence-corrected chi connectivity index (χ3v) is 5.59. The summed E-state index contributed by atoms with van der Waals surface area (Å²) >= 11 is 13.4. The van der Waals surface area contributed by atoms with E-state index < -0.39 is 24.0 Å². The van der Waals surface area contributed by atoms with Crippen molar-refractivity contribution < 1.29 is 19.1 Å². The van der Waals surface area contributed by atoms with Gasteiger partial charge in [0.1, 0.15) is 12.1 Å². The van der Waals surface area contributed by atoms with E-state index in [0.29, 0.717) is 49.1 Å². The first-order chi connectivity index (χ1) is 14.9. The van der Waals surface area contributed by atoms with E-state index in [4.69, 9.17) is 27.9 Å². The van der Waals surface area contributed by atoms with E-state index in [1.54, 1.807) is 37.7 Å². The number of hydrogen-bond acceptors (Lipinski definition) is 6. The molecule has 0 aromatic heterocycles. The highest BCUT2D eigenvalue weighted by atomic mass is 35.5. The summed E-state index contributed by atoms with van der Waals surface area (Å²) in [6.07, 6.45) is 2.98. The van der Waals surface area contributed by atoms with Crippen LogP contribution in [0.15, 0.2) is 24.3 Å². The van der Waals surface area contributed by atoms with Crippen molar-refractivity contribution in [2.24, 2.45) is 0 Å². The van der Waals surface area contributed by atoms with Gasteiger partial charge in [0.2, 0.25) is 12.3 Å². The Hall–Kier alpha value is -1.64. The number of alkyl halides is 2. The van der Waals surface area contributed by atoms with Crippen LogP contribution in [0.4, 0.5) is 11.4 Å². The fraction of sp³-hybridized carbons (Fsp3) is 0.571. The Kier molecular flexibility index (Phi) is 13.4. The average Bonchev–Trinajstić information content (AvgIpc) is 2.77. The van der Waals surface area contributed by atoms with Crippen molar-refractivity contribution in [3.05, 3.63) is 24.3 Å². The Labute approximate surface area is 198 Å². The molecule has 0 fully saturated rings. The number of amides is 2. The summed E-state index contributed by atoms with van der Waals surface area (Å²) in [5, 5.41) is 2.73. The van der Waals surface area contributed by atoms with E-state index in [0.717, 1.165) is 5.69 Å². The van der Waals surface area contributed by atoms with E-state index in [2.05, 4.69) is 5.32 Å². The van der Waals surface area contributed by atoms with Crippen molar-refractivity contribution in [2.75, 3.05) is 53.3 Å². The Bertz CT molecular complexity index is 705. The minimum Gasteiger partial charge on any atom is -0.464 e. The molecule has 0 radical (unpaired) electrons. The molecule has 0 bridgehead atoms. The summed E-state index contributed by atoms with van der Waals surface area (Å²) in [6, 6.07) is 5.68. The summed E-state index contributed by atoms with van der Waals surface area (Å²) in [7, 11) is 0. The van der Waals surface area contributed by atoms with Crippen molar-refractivity contribution in [3.63, 3.8) is 0 Å².